The summed E-state index contributed by atoms with van der Waals surface area (Å²) in [5, 5.41) is 21.3. The van der Waals surface area contributed by atoms with E-state index in [2.05, 4.69) is 34.4 Å². The lowest BCUT2D eigenvalue weighted by Crippen LogP contribution is -2.43. The average Bonchev–Trinajstić information content (AvgIpc) is 3.14. The second kappa shape index (κ2) is 12.2. The fourth-order valence-electron chi connectivity index (χ4n) is 3.16. The molecule has 0 saturated carbocycles. The predicted molar refractivity (Wildman–Crippen MR) is 123 cm³/mol. The van der Waals surface area contributed by atoms with Gasteiger partial charge in [-0.3, -0.25) is 0 Å². The highest BCUT2D eigenvalue weighted by Crippen LogP contribution is 2.23. The lowest BCUT2D eigenvalue weighted by molar-refractivity contribution is 0.0677. The van der Waals surface area contributed by atoms with Crippen molar-refractivity contribution in [1.29, 1.82) is 0 Å². The Hall–Kier alpha value is -0.380. The molecule has 2 rings (SSSR count). The number of nitrogens with zero attached hydrogens (tertiary/aromatic N) is 2. The van der Waals surface area contributed by atoms with E-state index in [1.807, 2.05) is 23.8 Å². The van der Waals surface area contributed by atoms with E-state index in [4.69, 9.17) is 0 Å². The van der Waals surface area contributed by atoms with Crippen molar-refractivity contribution in [3.05, 3.63) is 22.4 Å². The van der Waals surface area contributed by atoms with Gasteiger partial charge < -0.3 is 20.6 Å². The van der Waals surface area contributed by atoms with Gasteiger partial charge in [-0.1, -0.05) is 13.3 Å². The summed E-state index contributed by atoms with van der Waals surface area (Å²) < 4.78 is 0. The number of hydrogen-bond donors (Lipinski definition) is 3. The molecule has 0 aromatic carbocycles. The molecule has 0 aliphatic carbocycles. The summed E-state index contributed by atoms with van der Waals surface area (Å²) in [5.41, 5.74) is -0.00235. The van der Waals surface area contributed by atoms with Crippen LogP contribution in [0.15, 0.2) is 21.8 Å². The molecular formula is C19H35IN4OS. The summed E-state index contributed by atoms with van der Waals surface area (Å²) in [7, 11) is 0. The average molecular weight is 494 g/mol. The van der Waals surface area contributed by atoms with E-state index < -0.39 is 5.60 Å². The number of aliphatic imine (C=N–C) groups is 1. The standard InChI is InChI=1S/C19H34N4OS.HI/c1-4-20-18(22-15-19(3,24)17-8-11-25-14-17)21-12-16(2)13-23-9-6-5-7-10-23;/h8,11,14,16,24H,4-7,9-10,12-13,15H2,1-3H3,(H2,20,21,22);1H. The molecule has 0 spiro atoms. The van der Waals surface area contributed by atoms with Crippen molar-refractivity contribution in [3.8, 4) is 0 Å². The Morgan fingerprint density at radius 3 is 2.69 bits per heavy atom. The first kappa shape index (κ1) is 23.7. The van der Waals surface area contributed by atoms with Gasteiger partial charge in [0.15, 0.2) is 5.96 Å². The number of nitrogens with one attached hydrogen (secondary N) is 2. The first-order valence-electron chi connectivity index (χ1n) is 9.51. The smallest absolute Gasteiger partial charge is 0.191 e. The van der Waals surface area contributed by atoms with Crippen LogP contribution >= 0.6 is 35.3 Å². The summed E-state index contributed by atoms with van der Waals surface area (Å²) in [6, 6.07) is 1.96. The molecular weight excluding hydrogens is 459 g/mol. The number of thiophene rings is 1. The normalized spacial score (nSPS) is 19.3. The lowest BCUT2D eigenvalue weighted by atomic mass is 10.00. The van der Waals surface area contributed by atoms with Crippen LogP contribution in [0.2, 0.25) is 0 Å². The van der Waals surface area contributed by atoms with Crippen LogP contribution in [0.3, 0.4) is 0 Å². The molecule has 0 radical (unpaired) electrons. The van der Waals surface area contributed by atoms with Gasteiger partial charge >= 0.3 is 0 Å². The lowest BCUT2D eigenvalue weighted by Gasteiger charge is -2.29. The van der Waals surface area contributed by atoms with Gasteiger partial charge in [0.2, 0.25) is 0 Å². The van der Waals surface area contributed by atoms with Crippen molar-refractivity contribution in [2.24, 2.45) is 10.9 Å². The molecule has 1 saturated heterocycles. The van der Waals surface area contributed by atoms with Crippen molar-refractivity contribution >= 4 is 41.3 Å². The minimum atomic E-state index is -0.929. The Kier molecular flexibility index (Phi) is 11.1. The SMILES string of the molecule is CCNC(=NCC(C)(O)c1ccsc1)NCC(C)CN1CCCCC1.I. The Labute approximate surface area is 179 Å². The highest BCUT2D eigenvalue weighted by molar-refractivity contribution is 14.0. The number of hydrogen-bond acceptors (Lipinski definition) is 4. The molecule has 26 heavy (non-hydrogen) atoms. The van der Waals surface area contributed by atoms with E-state index in [0.717, 1.165) is 31.2 Å². The Balaban J connectivity index is 0.00000338. The molecule has 150 valence electrons. The molecule has 1 aliphatic heterocycles. The van der Waals surface area contributed by atoms with Gasteiger partial charge in [0, 0.05) is 19.6 Å². The van der Waals surface area contributed by atoms with Gasteiger partial charge in [-0.05, 0) is 68.1 Å². The number of rotatable bonds is 8. The molecule has 1 fully saturated rings. The molecule has 1 aromatic rings. The number of aliphatic hydroxyl groups is 1. The van der Waals surface area contributed by atoms with E-state index in [-0.39, 0.29) is 24.0 Å². The van der Waals surface area contributed by atoms with Crippen LogP contribution in [-0.4, -0.2) is 55.2 Å². The maximum atomic E-state index is 10.6. The molecule has 5 nitrogen and oxygen atoms in total. The summed E-state index contributed by atoms with van der Waals surface area (Å²) in [5.74, 6) is 1.35. The van der Waals surface area contributed by atoms with Crippen molar-refractivity contribution in [3.63, 3.8) is 0 Å². The Morgan fingerprint density at radius 2 is 2.08 bits per heavy atom. The Bertz CT molecular complexity index is 516. The summed E-state index contributed by atoms with van der Waals surface area (Å²) in [6.07, 6.45) is 4.05. The molecule has 3 N–H and O–H groups in total. The molecule has 1 aromatic heterocycles. The van der Waals surface area contributed by atoms with E-state index in [1.165, 1.54) is 32.4 Å². The zero-order chi connectivity index (χ0) is 18.1. The van der Waals surface area contributed by atoms with Crippen molar-refractivity contribution in [1.82, 2.24) is 15.5 Å². The summed E-state index contributed by atoms with van der Waals surface area (Å²) in [4.78, 5) is 7.17. The third-order valence-electron chi connectivity index (χ3n) is 4.67. The highest BCUT2D eigenvalue weighted by atomic mass is 127. The van der Waals surface area contributed by atoms with Crippen molar-refractivity contribution in [2.75, 3.05) is 39.3 Å². The van der Waals surface area contributed by atoms with Crippen LogP contribution in [0.1, 0.15) is 45.6 Å². The van der Waals surface area contributed by atoms with E-state index in [0.29, 0.717) is 12.5 Å². The second-order valence-electron chi connectivity index (χ2n) is 7.33. The maximum Gasteiger partial charge on any atom is 0.191 e. The van der Waals surface area contributed by atoms with E-state index in [9.17, 15) is 5.11 Å². The molecule has 2 heterocycles. The van der Waals surface area contributed by atoms with Gasteiger partial charge in [-0.15, -0.1) is 24.0 Å². The van der Waals surface area contributed by atoms with Crippen LogP contribution in [0, 0.1) is 5.92 Å². The van der Waals surface area contributed by atoms with E-state index in [1.54, 1.807) is 11.3 Å². The van der Waals surface area contributed by atoms with Gasteiger partial charge in [0.05, 0.1) is 6.54 Å². The van der Waals surface area contributed by atoms with Crippen LogP contribution in [0.25, 0.3) is 0 Å². The van der Waals surface area contributed by atoms with Crippen LogP contribution in [0.4, 0.5) is 0 Å². The first-order chi connectivity index (χ1) is 12.0. The van der Waals surface area contributed by atoms with Gasteiger partial charge in [-0.2, -0.15) is 11.3 Å². The first-order valence-corrected chi connectivity index (χ1v) is 10.4. The second-order valence-corrected chi connectivity index (χ2v) is 8.11. The fourth-order valence-corrected chi connectivity index (χ4v) is 3.94. The predicted octanol–water partition coefficient (Wildman–Crippen LogP) is 3.25. The molecule has 2 atom stereocenters. The number of piperidine rings is 1. The Morgan fingerprint density at radius 1 is 1.35 bits per heavy atom. The zero-order valence-corrected chi connectivity index (χ0v) is 19.5. The minimum absolute atomic E-state index is 0. The molecule has 7 heteroatoms. The third-order valence-corrected chi connectivity index (χ3v) is 5.35. The molecule has 1 aliphatic rings. The third kappa shape index (κ3) is 8.10. The van der Waals surface area contributed by atoms with Gasteiger partial charge in [0.1, 0.15) is 5.60 Å². The topological polar surface area (TPSA) is 59.9 Å². The monoisotopic (exact) mass is 494 g/mol. The van der Waals surface area contributed by atoms with Crippen LogP contribution in [-0.2, 0) is 5.60 Å². The van der Waals surface area contributed by atoms with Crippen molar-refractivity contribution < 1.29 is 5.11 Å². The highest BCUT2D eigenvalue weighted by Gasteiger charge is 2.23. The zero-order valence-electron chi connectivity index (χ0n) is 16.3. The summed E-state index contributed by atoms with van der Waals surface area (Å²) >= 11 is 1.60. The summed E-state index contributed by atoms with van der Waals surface area (Å²) in [6.45, 7) is 11.8. The van der Waals surface area contributed by atoms with Gasteiger partial charge in [0.25, 0.3) is 0 Å². The molecule has 0 amide bonds. The van der Waals surface area contributed by atoms with Crippen LogP contribution < -0.4 is 10.6 Å². The van der Waals surface area contributed by atoms with Crippen LogP contribution in [0.5, 0.6) is 0 Å². The number of halogens is 1. The van der Waals surface area contributed by atoms with Crippen molar-refractivity contribution in [2.45, 2.75) is 45.6 Å². The quantitative estimate of drug-likeness (QED) is 0.295. The van der Waals surface area contributed by atoms with E-state index >= 15 is 0 Å². The van der Waals surface area contributed by atoms with Gasteiger partial charge in [-0.25, -0.2) is 4.99 Å². The molecule has 0 bridgehead atoms. The largest absolute Gasteiger partial charge is 0.383 e. The number of guanidine groups is 1. The number of likely N-dealkylation sites (tertiary alicyclic amines) is 1. The fraction of sp³-hybridized carbons (Fsp3) is 0.737. The molecule has 2 unspecified atom stereocenters. The maximum absolute atomic E-state index is 10.6. The minimum Gasteiger partial charge on any atom is -0.383 e.